The molecule has 0 saturated heterocycles. The van der Waals surface area contributed by atoms with Crippen molar-refractivity contribution in [1.82, 2.24) is 14.7 Å². The largest absolute Gasteiger partial charge is 0.393 e. The summed E-state index contributed by atoms with van der Waals surface area (Å²) in [4.78, 5) is 14.2. The molecule has 2 aromatic rings. The van der Waals surface area contributed by atoms with E-state index in [2.05, 4.69) is 5.10 Å². The predicted octanol–water partition coefficient (Wildman–Crippen LogP) is 1.56. The van der Waals surface area contributed by atoms with Crippen molar-refractivity contribution in [3.05, 3.63) is 41.6 Å². The van der Waals surface area contributed by atoms with E-state index in [1.165, 1.54) is 10.9 Å². The van der Waals surface area contributed by atoms with Crippen LogP contribution in [0.2, 0.25) is 0 Å². The summed E-state index contributed by atoms with van der Waals surface area (Å²) in [5, 5.41) is 22.9. The van der Waals surface area contributed by atoms with Crippen molar-refractivity contribution in [2.45, 2.75) is 25.4 Å². The summed E-state index contributed by atoms with van der Waals surface area (Å²) in [5.41, 5.74) is 7.44. The van der Waals surface area contributed by atoms with Gasteiger partial charge in [0.15, 0.2) is 0 Å². The van der Waals surface area contributed by atoms with E-state index in [9.17, 15) is 9.90 Å². The Bertz CT molecular complexity index is 806. The second-order valence-electron chi connectivity index (χ2n) is 6.46. The van der Waals surface area contributed by atoms with Gasteiger partial charge in [-0.3, -0.25) is 4.79 Å². The van der Waals surface area contributed by atoms with Crippen LogP contribution in [0.25, 0.3) is 5.69 Å². The number of nitriles is 1. The quantitative estimate of drug-likeness (QED) is 0.879. The normalized spacial score (nSPS) is 19.6. The molecular formula is C18H21N5O2. The van der Waals surface area contributed by atoms with Gasteiger partial charge in [-0.1, -0.05) is 6.42 Å². The SMILES string of the molecule is CN(CC1CCCC1O)C(=O)c1ccc(-n2ncc(C#N)c2N)cc1. The zero-order chi connectivity index (χ0) is 18.0. The highest BCUT2D eigenvalue weighted by molar-refractivity contribution is 5.94. The predicted molar refractivity (Wildman–Crippen MR) is 93.0 cm³/mol. The molecule has 0 spiro atoms. The third kappa shape index (κ3) is 3.35. The lowest BCUT2D eigenvalue weighted by molar-refractivity contribution is 0.0693. The molecule has 25 heavy (non-hydrogen) atoms. The van der Waals surface area contributed by atoms with Gasteiger partial charge in [0, 0.05) is 25.1 Å². The van der Waals surface area contributed by atoms with Crippen molar-refractivity contribution in [2.24, 2.45) is 5.92 Å². The fraction of sp³-hybridized carbons (Fsp3) is 0.389. The van der Waals surface area contributed by atoms with E-state index in [0.717, 1.165) is 19.3 Å². The average Bonchev–Trinajstić information content (AvgIpc) is 3.20. The van der Waals surface area contributed by atoms with Crippen molar-refractivity contribution in [2.75, 3.05) is 19.3 Å². The van der Waals surface area contributed by atoms with Crippen LogP contribution in [0.5, 0.6) is 0 Å². The number of nitrogens with two attached hydrogens (primary N) is 1. The Hall–Kier alpha value is -2.85. The van der Waals surface area contributed by atoms with E-state index in [4.69, 9.17) is 11.0 Å². The van der Waals surface area contributed by atoms with Crippen LogP contribution in [0.1, 0.15) is 35.2 Å². The third-order valence-corrected chi connectivity index (χ3v) is 4.76. The van der Waals surface area contributed by atoms with E-state index in [1.807, 2.05) is 6.07 Å². The molecule has 2 atom stereocenters. The van der Waals surface area contributed by atoms with Gasteiger partial charge in [0.25, 0.3) is 5.91 Å². The number of hydrogen-bond acceptors (Lipinski definition) is 5. The molecule has 130 valence electrons. The van der Waals surface area contributed by atoms with Gasteiger partial charge in [-0.05, 0) is 37.1 Å². The zero-order valence-corrected chi connectivity index (χ0v) is 14.1. The molecule has 7 heteroatoms. The van der Waals surface area contributed by atoms with Gasteiger partial charge in [0.2, 0.25) is 0 Å². The maximum Gasteiger partial charge on any atom is 0.253 e. The minimum absolute atomic E-state index is 0.0863. The topological polar surface area (TPSA) is 108 Å². The molecule has 0 aliphatic heterocycles. The fourth-order valence-electron chi connectivity index (χ4n) is 3.28. The molecule has 1 aromatic carbocycles. The van der Waals surface area contributed by atoms with Crippen molar-refractivity contribution < 1.29 is 9.90 Å². The summed E-state index contributed by atoms with van der Waals surface area (Å²) in [5.74, 6) is 0.340. The number of aromatic nitrogens is 2. The molecule has 0 bridgehead atoms. The van der Waals surface area contributed by atoms with Gasteiger partial charge in [-0.25, -0.2) is 4.68 Å². The molecular weight excluding hydrogens is 318 g/mol. The molecule has 1 aromatic heterocycles. The van der Waals surface area contributed by atoms with Gasteiger partial charge >= 0.3 is 0 Å². The summed E-state index contributed by atoms with van der Waals surface area (Å²) in [6.07, 6.45) is 3.89. The van der Waals surface area contributed by atoms with Crippen molar-refractivity contribution in [3.8, 4) is 11.8 Å². The van der Waals surface area contributed by atoms with Crippen molar-refractivity contribution in [1.29, 1.82) is 5.26 Å². The highest BCUT2D eigenvalue weighted by Gasteiger charge is 2.27. The summed E-state index contributed by atoms with van der Waals surface area (Å²) >= 11 is 0. The molecule has 1 aliphatic rings. The smallest absolute Gasteiger partial charge is 0.253 e. The number of carbonyl (C=O) groups excluding carboxylic acids is 1. The lowest BCUT2D eigenvalue weighted by Gasteiger charge is -2.23. The number of aliphatic hydroxyl groups excluding tert-OH is 1. The monoisotopic (exact) mass is 339 g/mol. The molecule has 3 rings (SSSR count). The van der Waals surface area contributed by atoms with Crippen LogP contribution in [0, 0.1) is 17.2 Å². The Morgan fingerprint density at radius 1 is 1.44 bits per heavy atom. The number of benzene rings is 1. The van der Waals surface area contributed by atoms with Crippen LogP contribution in [-0.4, -0.2) is 45.4 Å². The van der Waals surface area contributed by atoms with Gasteiger partial charge in [-0.15, -0.1) is 0 Å². The first-order chi connectivity index (χ1) is 12.0. The first-order valence-electron chi connectivity index (χ1n) is 8.29. The van der Waals surface area contributed by atoms with Crippen LogP contribution in [0.15, 0.2) is 30.5 Å². The Morgan fingerprint density at radius 2 is 2.16 bits per heavy atom. The molecule has 1 fully saturated rings. The molecule has 1 aliphatic carbocycles. The second-order valence-corrected chi connectivity index (χ2v) is 6.46. The van der Waals surface area contributed by atoms with E-state index in [-0.39, 0.29) is 23.7 Å². The number of amides is 1. The first-order valence-corrected chi connectivity index (χ1v) is 8.29. The highest BCUT2D eigenvalue weighted by atomic mass is 16.3. The van der Waals surface area contributed by atoms with E-state index in [1.54, 1.807) is 36.2 Å². The lowest BCUT2D eigenvalue weighted by Crippen LogP contribution is -2.34. The molecule has 7 nitrogen and oxygen atoms in total. The van der Waals surface area contributed by atoms with Crippen LogP contribution < -0.4 is 5.73 Å². The second kappa shape index (κ2) is 6.95. The number of aliphatic hydroxyl groups is 1. The molecule has 3 N–H and O–H groups in total. The Labute approximate surface area is 146 Å². The fourth-order valence-corrected chi connectivity index (χ4v) is 3.28. The molecule has 1 saturated carbocycles. The van der Waals surface area contributed by atoms with E-state index in [0.29, 0.717) is 23.4 Å². The first kappa shape index (κ1) is 17.0. The number of rotatable bonds is 4. The minimum atomic E-state index is -0.310. The number of anilines is 1. The maximum absolute atomic E-state index is 12.6. The van der Waals surface area contributed by atoms with Crippen molar-refractivity contribution in [3.63, 3.8) is 0 Å². The van der Waals surface area contributed by atoms with Crippen LogP contribution >= 0.6 is 0 Å². The minimum Gasteiger partial charge on any atom is -0.393 e. The molecule has 1 heterocycles. The van der Waals surface area contributed by atoms with Crippen molar-refractivity contribution >= 4 is 11.7 Å². The number of nitrogen functional groups attached to an aromatic ring is 1. The summed E-state index contributed by atoms with van der Waals surface area (Å²) in [7, 11) is 1.76. The van der Waals surface area contributed by atoms with Gasteiger partial charge in [-0.2, -0.15) is 10.4 Å². The Balaban J connectivity index is 1.72. The number of hydrogen-bond donors (Lipinski definition) is 2. The highest BCUT2D eigenvalue weighted by Crippen LogP contribution is 2.26. The standard InChI is InChI=1S/C18H21N5O2/c1-22(11-13-3-2-4-16(13)24)18(25)12-5-7-15(8-6-12)23-17(20)14(9-19)10-21-23/h5-8,10,13,16,24H,2-4,11,20H2,1H3. The summed E-state index contributed by atoms with van der Waals surface area (Å²) in [6, 6.07) is 8.90. The number of carbonyl (C=O) groups is 1. The van der Waals surface area contributed by atoms with Gasteiger partial charge in [0.05, 0.1) is 18.0 Å². The Kier molecular flexibility index (Phi) is 4.72. The number of nitrogens with zero attached hydrogens (tertiary/aromatic N) is 4. The lowest BCUT2D eigenvalue weighted by atomic mass is 10.1. The molecule has 0 radical (unpaired) electrons. The van der Waals surface area contributed by atoms with E-state index >= 15 is 0 Å². The van der Waals surface area contributed by atoms with Crippen LogP contribution in [0.3, 0.4) is 0 Å². The maximum atomic E-state index is 12.6. The average molecular weight is 339 g/mol. The third-order valence-electron chi connectivity index (χ3n) is 4.76. The van der Waals surface area contributed by atoms with Crippen LogP contribution in [0.4, 0.5) is 5.82 Å². The molecule has 2 unspecified atom stereocenters. The molecule has 1 amide bonds. The van der Waals surface area contributed by atoms with Gasteiger partial charge < -0.3 is 15.7 Å². The van der Waals surface area contributed by atoms with Crippen LogP contribution in [-0.2, 0) is 0 Å². The van der Waals surface area contributed by atoms with Gasteiger partial charge in [0.1, 0.15) is 17.5 Å². The summed E-state index contributed by atoms with van der Waals surface area (Å²) < 4.78 is 1.46. The summed E-state index contributed by atoms with van der Waals surface area (Å²) in [6.45, 7) is 0.555. The zero-order valence-electron chi connectivity index (χ0n) is 14.1. The van der Waals surface area contributed by atoms with E-state index < -0.39 is 0 Å². The Morgan fingerprint density at radius 3 is 2.72 bits per heavy atom.